The van der Waals surface area contributed by atoms with Crippen molar-refractivity contribution in [1.29, 1.82) is 0 Å². The summed E-state index contributed by atoms with van der Waals surface area (Å²) in [7, 11) is 0. The predicted molar refractivity (Wildman–Crippen MR) is 62.1 cm³/mol. The minimum atomic E-state index is 0.183. The molecule has 0 heterocycles. The largest absolute Gasteiger partial charge is 0.504 e. The molecule has 1 N–H and O–H groups in total. The highest BCUT2D eigenvalue weighted by atomic mass is 79.9. The van der Waals surface area contributed by atoms with Crippen LogP contribution >= 0.6 is 15.9 Å². The Kier molecular flexibility index (Phi) is 4.53. The summed E-state index contributed by atoms with van der Waals surface area (Å²) >= 11 is 3.30. The van der Waals surface area contributed by atoms with Crippen LogP contribution in [0.3, 0.4) is 0 Å². The highest BCUT2D eigenvalue weighted by Gasteiger charge is 2.00. The molecule has 2 nitrogen and oxygen atoms in total. The van der Waals surface area contributed by atoms with E-state index in [9.17, 15) is 5.11 Å². The van der Waals surface area contributed by atoms with Gasteiger partial charge in [0.15, 0.2) is 11.5 Å². The van der Waals surface area contributed by atoms with Crippen molar-refractivity contribution >= 4 is 22.0 Å². The van der Waals surface area contributed by atoms with Gasteiger partial charge >= 0.3 is 0 Å². The van der Waals surface area contributed by atoms with Gasteiger partial charge in [0.25, 0.3) is 0 Å². The van der Waals surface area contributed by atoms with Crippen molar-refractivity contribution in [3.63, 3.8) is 0 Å². The van der Waals surface area contributed by atoms with E-state index in [-0.39, 0.29) is 5.75 Å². The third-order valence-electron chi connectivity index (χ3n) is 1.68. The van der Waals surface area contributed by atoms with Crippen LogP contribution in [0.4, 0.5) is 0 Å². The molecule has 0 fully saturated rings. The summed E-state index contributed by atoms with van der Waals surface area (Å²) < 4.78 is 5.26. The van der Waals surface area contributed by atoms with E-state index in [4.69, 9.17) is 4.74 Å². The zero-order valence-corrected chi connectivity index (χ0v) is 9.62. The van der Waals surface area contributed by atoms with Gasteiger partial charge in [-0.15, -0.1) is 0 Å². The highest BCUT2D eigenvalue weighted by Crippen LogP contribution is 2.27. The number of hydrogen-bond donors (Lipinski definition) is 1. The van der Waals surface area contributed by atoms with Crippen molar-refractivity contribution in [3.05, 3.63) is 29.8 Å². The van der Waals surface area contributed by atoms with Crippen LogP contribution < -0.4 is 4.74 Å². The number of phenols is 1. The van der Waals surface area contributed by atoms with Crippen molar-refractivity contribution in [2.24, 2.45) is 0 Å². The Morgan fingerprint density at radius 3 is 2.93 bits per heavy atom. The summed E-state index contributed by atoms with van der Waals surface area (Å²) in [5, 5.41) is 10.3. The highest BCUT2D eigenvalue weighted by molar-refractivity contribution is 9.09. The van der Waals surface area contributed by atoms with E-state index in [2.05, 4.69) is 15.9 Å². The molecule has 0 atom stereocenters. The SMILES string of the molecule is CCOc1cc(C=CCBr)ccc1O. The maximum Gasteiger partial charge on any atom is 0.161 e. The van der Waals surface area contributed by atoms with Gasteiger partial charge in [0.2, 0.25) is 0 Å². The summed E-state index contributed by atoms with van der Waals surface area (Å²) in [6, 6.07) is 5.30. The van der Waals surface area contributed by atoms with Crippen molar-refractivity contribution in [1.82, 2.24) is 0 Å². The zero-order chi connectivity index (χ0) is 10.4. The molecular formula is C11H13BrO2. The van der Waals surface area contributed by atoms with E-state index < -0.39 is 0 Å². The standard InChI is InChI=1S/C11H13BrO2/c1-2-14-11-8-9(4-3-7-12)5-6-10(11)13/h3-6,8,13H,2,7H2,1H3. The van der Waals surface area contributed by atoms with E-state index in [1.807, 2.05) is 31.2 Å². The molecule has 0 saturated heterocycles. The smallest absolute Gasteiger partial charge is 0.161 e. The molecule has 76 valence electrons. The Bertz CT molecular complexity index is 321. The summed E-state index contributed by atoms with van der Waals surface area (Å²) in [4.78, 5) is 0. The molecule has 1 aromatic rings. The van der Waals surface area contributed by atoms with Gasteiger partial charge in [-0.25, -0.2) is 0 Å². The van der Waals surface area contributed by atoms with Gasteiger partial charge in [-0.05, 0) is 24.6 Å². The van der Waals surface area contributed by atoms with Gasteiger partial charge in [0.1, 0.15) is 0 Å². The van der Waals surface area contributed by atoms with E-state index >= 15 is 0 Å². The first-order chi connectivity index (χ1) is 6.77. The van der Waals surface area contributed by atoms with E-state index in [0.29, 0.717) is 12.4 Å². The number of halogens is 1. The van der Waals surface area contributed by atoms with Crippen LogP contribution in [0, 0.1) is 0 Å². The molecular weight excluding hydrogens is 244 g/mol. The molecule has 0 aromatic heterocycles. The van der Waals surface area contributed by atoms with Crippen LogP contribution in [0.2, 0.25) is 0 Å². The van der Waals surface area contributed by atoms with Gasteiger partial charge < -0.3 is 9.84 Å². The quantitative estimate of drug-likeness (QED) is 0.839. The number of phenolic OH excluding ortho intramolecular Hbond substituents is 1. The van der Waals surface area contributed by atoms with Gasteiger partial charge in [0.05, 0.1) is 6.61 Å². The van der Waals surface area contributed by atoms with Gasteiger partial charge in [-0.2, -0.15) is 0 Å². The lowest BCUT2D eigenvalue weighted by molar-refractivity contribution is 0.318. The van der Waals surface area contributed by atoms with Crippen LogP contribution in [-0.2, 0) is 0 Å². The summed E-state index contributed by atoms with van der Waals surface area (Å²) in [5.74, 6) is 0.715. The number of ether oxygens (including phenoxy) is 1. The third-order valence-corrected chi connectivity index (χ3v) is 2.06. The topological polar surface area (TPSA) is 29.5 Å². The molecule has 0 aliphatic rings. The Morgan fingerprint density at radius 2 is 2.29 bits per heavy atom. The fraction of sp³-hybridized carbons (Fsp3) is 0.273. The molecule has 0 aliphatic carbocycles. The van der Waals surface area contributed by atoms with Gasteiger partial charge in [0, 0.05) is 5.33 Å². The second kappa shape index (κ2) is 5.70. The first-order valence-electron chi connectivity index (χ1n) is 4.46. The van der Waals surface area contributed by atoms with Crippen molar-refractivity contribution < 1.29 is 9.84 Å². The predicted octanol–water partition coefficient (Wildman–Crippen LogP) is 3.20. The monoisotopic (exact) mass is 256 g/mol. The minimum absolute atomic E-state index is 0.183. The Balaban J connectivity index is 2.88. The first kappa shape index (κ1) is 11.1. The molecule has 0 radical (unpaired) electrons. The molecule has 0 amide bonds. The number of benzene rings is 1. The van der Waals surface area contributed by atoms with Gasteiger partial charge in [-0.3, -0.25) is 0 Å². The lowest BCUT2D eigenvalue weighted by Crippen LogP contribution is -1.91. The normalized spacial score (nSPS) is 10.7. The fourth-order valence-electron chi connectivity index (χ4n) is 1.09. The second-order valence-electron chi connectivity index (χ2n) is 2.72. The van der Waals surface area contributed by atoms with Crippen molar-refractivity contribution in [3.8, 4) is 11.5 Å². The minimum Gasteiger partial charge on any atom is -0.504 e. The van der Waals surface area contributed by atoms with Crippen molar-refractivity contribution in [2.45, 2.75) is 6.92 Å². The number of hydrogen-bond acceptors (Lipinski definition) is 2. The molecule has 3 heteroatoms. The van der Waals surface area contributed by atoms with Crippen LogP contribution in [0.5, 0.6) is 11.5 Å². The van der Waals surface area contributed by atoms with Crippen LogP contribution in [-0.4, -0.2) is 17.0 Å². The van der Waals surface area contributed by atoms with Gasteiger partial charge in [-0.1, -0.05) is 34.1 Å². The molecule has 0 spiro atoms. The Hall–Kier alpha value is -0.960. The number of alkyl halides is 1. The molecule has 0 unspecified atom stereocenters. The Morgan fingerprint density at radius 1 is 1.50 bits per heavy atom. The van der Waals surface area contributed by atoms with E-state index in [0.717, 1.165) is 10.9 Å². The average molecular weight is 257 g/mol. The molecule has 14 heavy (non-hydrogen) atoms. The maximum absolute atomic E-state index is 9.43. The third kappa shape index (κ3) is 3.07. The van der Waals surface area contributed by atoms with Crippen LogP contribution in [0.25, 0.3) is 6.08 Å². The van der Waals surface area contributed by atoms with Crippen LogP contribution in [0.1, 0.15) is 12.5 Å². The Labute approximate surface area is 92.3 Å². The average Bonchev–Trinajstić information content (AvgIpc) is 2.19. The fourth-order valence-corrected chi connectivity index (χ4v) is 1.27. The molecule has 0 bridgehead atoms. The van der Waals surface area contributed by atoms with Crippen LogP contribution in [0.15, 0.2) is 24.3 Å². The lowest BCUT2D eigenvalue weighted by Gasteiger charge is -2.05. The number of allylic oxidation sites excluding steroid dienone is 1. The number of rotatable bonds is 4. The molecule has 0 saturated carbocycles. The lowest BCUT2D eigenvalue weighted by atomic mass is 10.2. The van der Waals surface area contributed by atoms with E-state index in [1.54, 1.807) is 6.07 Å². The first-order valence-corrected chi connectivity index (χ1v) is 5.58. The molecule has 1 rings (SSSR count). The van der Waals surface area contributed by atoms with E-state index in [1.165, 1.54) is 0 Å². The number of aromatic hydroxyl groups is 1. The summed E-state index contributed by atoms with van der Waals surface area (Å²) in [5.41, 5.74) is 1.02. The molecule has 0 aliphatic heterocycles. The second-order valence-corrected chi connectivity index (χ2v) is 3.36. The summed E-state index contributed by atoms with van der Waals surface area (Å²) in [6.45, 7) is 2.44. The zero-order valence-electron chi connectivity index (χ0n) is 8.03. The molecule has 1 aromatic carbocycles. The maximum atomic E-state index is 9.43. The van der Waals surface area contributed by atoms with Crippen molar-refractivity contribution in [2.75, 3.05) is 11.9 Å². The summed E-state index contributed by atoms with van der Waals surface area (Å²) in [6.07, 6.45) is 3.96.